The highest BCUT2D eigenvalue weighted by molar-refractivity contribution is 14.1. The van der Waals surface area contributed by atoms with Gasteiger partial charge in [-0.25, -0.2) is 8.78 Å². The molecule has 0 fully saturated rings. The Hall–Kier alpha value is -1.83. The molecule has 0 unspecified atom stereocenters. The van der Waals surface area contributed by atoms with Gasteiger partial charge in [0.05, 0.1) is 5.52 Å². The third-order valence-corrected chi connectivity index (χ3v) is 3.93. The van der Waals surface area contributed by atoms with E-state index in [1.807, 2.05) is 22.6 Å². The van der Waals surface area contributed by atoms with Gasteiger partial charge in [0.2, 0.25) is 5.43 Å². The van der Waals surface area contributed by atoms with E-state index in [0.29, 0.717) is 26.6 Å². The van der Waals surface area contributed by atoms with Crippen molar-refractivity contribution < 1.29 is 8.78 Å². The average molecular weight is 398 g/mol. The predicted octanol–water partition coefficient (Wildman–Crippen LogP) is 3.40. The lowest BCUT2D eigenvalue weighted by Crippen LogP contribution is -2.10. The summed E-state index contributed by atoms with van der Waals surface area (Å²) in [6.07, 6.45) is 0.316. The number of aromatic amines is 1. The molecule has 1 aromatic heterocycles. The van der Waals surface area contributed by atoms with Gasteiger partial charge in [-0.1, -0.05) is 12.1 Å². The monoisotopic (exact) mass is 398 g/mol. The second-order valence-corrected chi connectivity index (χ2v) is 5.66. The van der Waals surface area contributed by atoms with Crippen LogP contribution in [0, 0.1) is 15.3 Å². The van der Waals surface area contributed by atoms with E-state index in [-0.39, 0.29) is 5.43 Å². The van der Waals surface area contributed by atoms with Gasteiger partial charge in [0.25, 0.3) is 0 Å². The first-order chi connectivity index (χ1) is 10.0. The number of fused-ring (bicyclic) bond motifs is 1. The Morgan fingerprint density at radius 1 is 1.14 bits per heavy atom. The number of hydrogen-bond donors (Lipinski definition) is 1. The van der Waals surface area contributed by atoms with Crippen molar-refractivity contribution in [3.8, 4) is 0 Å². The Morgan fingerprint density at radius 2 is 1.95 bits per heavy atom. The van der Waals surface area contributed by atoms with Crippen LogP contribution in [0.1, 0.15) is 11.1 Å². The zero-order chi connectivity index (χ0) is 15.0. The number of rotatable bonds is 2. The molecule has 0 aliphatic rings. The number of halogens is 3. The molecule has 1 N–H and O–H groups in total. The van der Waals surface area contributed by atoms with Crippen molar-refractivity contribution in [1.29, 1.82) is 0 Å². The average Bonchev–Trinajstić information content (AvgIpc) is 2.46. The molecule has 3 nitrogen and oxygen atoms in total. The molecule has 106 valence electrons. The molecule has 0 aliphatic carbocycles. The van der Waals surface area contributed by atoms with Crippen molar-refractivity contribution in [1.82, 2.24) is 10.2 Å². The van der Waals surface area contributed by atoms with Gasteiger partial charge in [-0.15, -0.1) is 0 Å². The minimum Gasteiger partial charge on any atom is -0.286 e. The minimum absolute atomic E-state index is 0.135. The summed E-state index contributed by atoms with van der Waals surface area (Å²) < 4.78 is 26.9. The van der Waals surface area contributed by atoms with E-state index in [4.69, 9.17) is 0 Å². The molecular formula is C15H9F2IN2O. The maximum atomic E-state index is 13.7. The summed E-state index contributed by atoms with van der Waals surface area (Å²) in [5, 5.41) is 7.25. The second-order valence-electron chi connectivity index (χ2n) is 4.64. The van der Waals surface area contributed by atoms with E-state index in [2.05, 4.69) is 10.2 Å². The van der Waals surface area contributed by atoms with Crippen LogP contribution in [0.2, 0.25) is 0 Å². The Bertz CT molecular complexity index is 892. The first kappa shape index (κ1) is 14.1. The molecule has 1 heterocycles. The van der Waals surface area contributed by atoms with Crippen LogP contribution in [0.4, 0.5) is 8.78 Å². The lowest BCUT2D eigenvalue weighted by molar-refractivity contribution is 0.574. The van der Waals surface area contributed by atoms with Gasteiger partial charge in [-0.3, -0.25) is 9.89 Å². The maximum Gasteiger partial charge on any atom is 0.221 e. The van der Waals surface area contributed by atoms with Gasteiger partial charge in [0.1, 0.15) is 11.6 Å². The lowest BCUT2D eigenvalue weighted by Gasteiger charge is -2.05. The Kier molecular flexibility index (Phi) is 3.71. The predicted molar refractivity (Wildman–Crippen MR) is 84.2 cm³/mol. The molecule has 0 atom stereocenters. The fourth-order valence-corrected chi connectivity index (χ4v) is 2.56. The number of hydrogen-bond acceptors (Lipinski definition) is 2. The number of nitrogens with zero attached hydrogens (tertiary/aromatic N) is 1. The maximum absolute atomic E-state index is 13.7. The highest BCUT2D eigenvalue weighted by atomic mass is 127. The molecule has 2 aromatic carbocycles. The third kappa shape index (κ3) is 2.80. The van der Waals surface area contributed by atoms with Crippen molar-refractivity contribution >= 4 is 33.5 Å². The molecule has 3 rings (SSSR count). The summed E-state index contributed by atoms with van der Waals surface area (Å²) in [5.41, 5.74) is 1.67. The number of aromatic nitrogens is 2. The summed E-state index contributed by atoms with van der Waals surface area (Å²) in [6, 6.07) is 8.71. The largest absolute Gasteiger partial charge is 0.286 e. The summed E-state index contributed by atoms with van der Waals surface area (Å²) in [7, 11) is 0. The van der Waals surface area contributed by atoms with Crippen molar-refractivity contribution in [3.63, 3.8) is 0 Å². The molecule has 0 bridgehead atoms. The van der Waals surface area contributed by atoms with Gasteiger partial charge in [-0.05, 0) is 51.9 Å². The molecule has 0 saturated carbocycles. The van der Waals surface area contributed by atoms with Crippen LogP contribution in [0.25, 0.3) is 10.9 Å². The molecule has 0 spiro atoms. The number of H-pyrrole nitrogens is 1. The molecule has 0 radical (unpaired) electrons. The van der Waals surface area contributed by atoms with Gasteiger partial charge < -0.3 is 0 Å². The van der Waals surface area contributed by atoms with Crippen molar-refractivity contribution in [2.24, 2.45) is 0 Å². The van der Waals surface area contributed by atoms with Crippen LogP contribution in [0.3, 0.4) is 0 Å². The van der Waals surface area contributed by atoms with E-state index in [0.717, 1.165) is 11.6 Å². The second kappa shape index (κ2) is 5.51. The minimum atomic E-state index is -0.599. The normalized spacial score (nSPS) is 11.0. The molecule has 0 aliphatic heterocycles. The van der Waals surface area contributed by atoms with Gasteiger partial charge in [0.15, 0.2) is 3.70 Å². The summed E-state index contributed by atoms with van der Waals surface area (Å²) in [4.78, 5) is 11.9. The van der Waals surface area contributed by atoms with Crippen molar-refractivity contribution in [2.75, 3.05) is 0 Å². The van der Waals surface area contributed by atoms with Crippen LogP contribution in [-0.4, -0.2) is 10.2 Å². The SMILES string of the molecule is O=c1c(I)n[nH]c2cc(Cc3ccc(F)cc3F)ccc12. The van der Waals surface area contributed by atoms with Crippen molar-refractivity contribution in [3.05, 3.63) is 73.1 Å². The zero-order valence-corrected chi connectivity index (χ0v) is 12.8. The standard InChI is InChI=1S/C15H9F2IN2O/c16-10-3-2-9(12(17)7-10)5-8-1-4-11-13(6-8)19-20-15(18)14(11)21/h1-4,6-7H,5H2,(H,19,21). The van der Waals surface area contributed by atoms with Crippen LogP contribution >= 0.6 is 22.6 Å². The Balaban J connectivity index is 2.02. The van der Waals surface area contributed by atoms with Gasteiger partial charge >= 0.3 is 0 Å². The first-order valence-electron chi connectivity index (χ1n) is 6.15. The van der Waals surface area contributed by atoms with E-state index in [1.165, 1.54) is 12.1 Å². The molecule has 3 aromatic rings. The topological polar surface area (TPSA) is 45.8 Å². The Labute approximate surface area is 132 Å². The van der Waals surface area contributed by atoms with Crippen LogP contribution in [0.15, 0.2) is 41.2 Å². The molecule has 6 heteroatoms. The van der Waals surface area contributed by atoms with Crippen molar-refractivity contribution in [2.45, 2.75) is 6.42 Å². The first-order valence-corrected chi connectivity index (χ1v) is 7.23. The summed E-state index contributed by atoms with van der Waals surface area (Å²) in [6.45, 7) is 0. The fourth-order valence-electron chi connectivity index (χ4n) is 2.15. The smallest absolute Gasteiger partial charge is 0.221 e. The highest BCUT2D eigenvalue weighted by Crippen LogP contribution is 2.17. The van der Waals surface area contributed by atoms with Gasteiger partial charge in [-0.2, -0.15) is 5.10 Å². The van der Waals surface area contributed by atoms with E-state index < -0.39 is 11.6 Å². The summed E-state index contributed by atoms with van der Waals surface area (Å²) in [5.74, 6) is -1.18. The lowest BCUT2D eigenvalue weighted by atomic mass is 10.0. The van der Waals surface area contributed by atoms with Crippen LogP contribution in [0.5, 0.6) is 0 Å². The molecule has 21 heavy (non-hydrogen) atoms. The molecule has 0 amide bonds. The fraction of sp³-hybridized carbons (Fsp3) is 0.0667. The number of nitrogens with one attached hydrogen (secondary N) is 1. The Morgan fingerprint density at radius 3 is 2.71 bits per heavy atom. The van der Waals surface area contributed by atoms with Crippen LogP contribution < -0.4 is 5.43 Å². The quantitative estimate of drug-likeness (QED) is 0.673. The highest BCUT2D eigenvalue weighted by Gasteiger charge is 2.08. The number of benzene rings is 2. The van der Waals surface area contributed by atoms with Gasteiger partial charge in [0, 0.05) is 17.9 Å². The third-order valence-electron chi connectivity index (χ3n) is 3.20. The van der Waals surface area contributed by atoms with E-state index in [1.54, 1.807) is 18.2 Å². The van der Waals surface area contributed by atoms with E-state index >= 15 is 0 Å². The summed E-state index contributed by atoms with van der Waals surface area (Å²) >= 11 is 1.87. The van der Waals surface area contributed by atoms with Crippen LogP contribution in [-0.2, 0) is 6.42 Å². The molecular weight excluding hydrogens is 389 g/mol. The van der Waals surface area contributed by atoms with E-state index in [9.17, 15) is 13.6 Å². The zero-order valence-electron chi connectivity index (χ0n) is 10.7. The molecule has 0 saturated heterocycles.